The number of hydrogen-bond acceptors (Lipinski definition) is 3. The van der Waals surface area contributed by atoms with Crippen molar-refractivity contribution in [3.63, 3.8) is 0 Å². The molecule has 2 aromatic carbocycles. The van der Waals surface area contributed by atoms with Gasteiger partial charge in [0.2, 0.25) is 0 Å². The van der Waals surface area contributed by atoms with Gasteiger partial charge in [0.1, 0.15) is 6.33 Å². The fourth-order valence-electron chi connectivity index (χ4n) is 2.11. The van der Waals surface area contributed by atoms with E-state index in [1.165, 1.54) is 12.1 Å². The summed E-state index contributed by atoms with van der Waals surface area (Å²) < 4.78 is 26.7. The molecule has 0 unspecified atom stereocenters. The molecule has 112 valence electrons. The van der Waals surface area contributed by atoms with Crippen LogP contribution in [0.4, 0.5) is 14.5 Å². The van der Waals surface area contributed by atoms with Gasteiger partial charge in [-0.2, -0.15) is 0 Å². The van der Waals surface area contributed by atoms with Crippen LogP contribution >= 0.6 is 0 Å². The van der Waals surface area contributed by atoms with Crippen LogP contribution in [0.1, 0.15) is 17.6 Å². The van der Waals surface area contributed by atoms with Crippen molar-refractivity contribution in [3.05, 3.63) is 59.9 Å². The number of rotatable bonds is 3. The van der Waals surface area contributed by atoms with Crippen molar-refractivity contribution in [2.24, 2.45) is 0 Å². The van der Waals surface area contributed by atoms with E-state index in [2.05, 4.69) is 10.1 Å². The molecule has 0 saturated carbocycles. The van der Waals surface area contributed by atoms with Gasteiger partial charge in [-0.25, -0.2) is 18.4 Å². The molecule has 0 aliphatic carbocycles. The third-order valence-corrected chi connectivity index (χ3v) is 3.43. The van der Waals surface area contributed by atoms with Gasteiger partial charge in [0.05, 0.1) is 5.69 Å². The SMILES string of the molecule is Cc1cc(-c2ncn(-c3ccc(C(F)F)cc3)n2)ccc1N. The molecule has 1 aromatic heterocycles. The van der Waals surface area contributed by atoms with Crippen molar-refractivity contribution < 1.29 is 8.78 Å². The topological polar surface area (TPSA) is 56.7 Å². The van der Waals surface area contributed by atoms with Crippen LogP contribution in [0.3, 0.4) is 0 Å². The number of nitrogens with two attached hydrogens (primary N) is 1. The lowest BCUT2D eigenvalue weighted by Crippen LogP contribution is -1.96. The summed E-state index contributed by atoms with van der Waals surface area (Å²) in [5.74, 6) is 0.557. The molecule has 0 amide bonds. The number of hydrogen-bond donors (Lipinski definition) is 1. The summed E-state index contributed by atoms with van der Waals surface area (Å²) in [5.41, 5.74) is 8.98. The van der Waals surface area contributed by atoms with Crippen molar-refractivity contribution in [3.8, 4) is 17.1 Å². The van der Waals surface area contributed by atoms with E-state index >= 15 is 0 Å². The first kappa shape index (κ1) is 14.2. The number of halogens is 2. The second-order valence-corrected chi connectivity index (χ2v) is 4.98. The zero-order valence-electron chi connectivity index (χ0n) is 11.9. The van der Waals surface area contributed by atoms with Crippen LogP contribution in [-0.4, -0.2) is 14.8 Å². The Morgan fingerprint density at radius 1 is 1.09 bits per heavy atom. The first-order chi connectivity index (χ1) is 10.5. The van der Waals surface area contributed by atoms with Gasteiger partial charge in [0.15, 0.2) is 5.82 Å². The average molecular weight is 300 g/mol. The Hall–Kier alpha value is -2.76. The number of benzene rings is 2. The van der Waals surface area contributed by atoms with Crippen LogP contribution in [0.25, 0.3) is 17.1 Å². The second-order valence-electron chi connectivity index (χ2n) is 4.98. The van der Waals surface area contributed by atoms with E-state index in [1.807, 2.05) is 25.1 Å². The third-order valence-electron chi connectivity index (χ3n) is 3.43. The molecule has 0 fully saturated rings. The number of nitrogen functional groups attached to an aromatic ring is 1. The predicted molar refractivity (Wildman–Crippen MR) is 80.9 cm³/mol. The summed E-state index contributed by atoms with van der Waals surface area (Å²) in [4.78, 5) is 4.25. The molecule has 0 aliphatic heterocycles. The van der Waals surface area contributed by atoms with Crippen LogP contribution in [0.2, 0.25) is 0 Å². The van der Waals surface area contributed by atoms with E-state index in [-0.39, 0.29) is 5.56 Å². The summed E-state index contributed by atoms with van der Waals surface area (Å²) in [6.07, 6.45) is -0.920. The summed E-state index contributed by atoms with van der Waals surface area (Å²) in [7, 11) is 0. The molecule has 0 aliphatic rings. The van der Waals surface area contributed by atoms with E-state index in [9.17, 15) is 8.78 Å². The summed E-state index contributed by atoms with van der Waals surface area (Å²) >= 11 is 0. The Morgan fingerprint density at radius 3 is 2.45 bits per heavy atom. The van der Waals surface area contributed by atoms with E-state index in [4.69, 9.17) is 5.73 Å². The van der Waals surface area contributed by atoms with Gasteiger partial charge in [-0.3, -0.25) is 0 Å². The van der Waals surface area contributed by atoms with Crippen molar-refractivity contribution in [2.45, 2.75) is 13.3 Å². The molecule has 0 spiro atoms. The Morgan fingerprint density at radius 2 is 1.82 bits per heavy atom. The highest BCUT2D eigenvalue weighted by Gasteiger charge is 2.09. The normalized spacial score (nSPS) is 11.1. The summed E-state index contributed by atoms with van der Waals surface area (Å²) in [5, 5.41) is 4.37. The monoisotopic (exact) mass is 300 g/mol. The highest BCUT2D eigenvalue weighted by molar-refractivity contribution is 5.61. The minimum atomic E-state index is -2.47. The molecule has 22 heavy (non-hydrogen) atoms. The van der Waals surface area contributed by atoms with Gasteiger partial charge in [0.25, 0.3) is 6.43 Å². The van der Waals surface area contributed by atoms with Crippen LogP contribution in [0, 0.1) is 6.92 Å². The van der Waals surface area contributed by atoms with E-state index in [0.29, 0.717) is 17.2 Å². The molecule has 2 N–H and O–H groups in total. The quantitative estimate of drug-likeness (QED) is 0.749. The van der Waals surface area contributed by atoms with Crippen LogP contribution in [-0.2, 0) is 0 Å². The van der Waals surface area contributed by atoms with E-state index in [1.54, 1.807) is 23.1 Å². The molecule has 3 aromatic rings. The number of nitrogens with zero attached hydrogens (tertiary/aromatic N) is 3. The minimum absolute atomic E-state index is 0.0155. The van der Waals surface area contributed by atoms with Crippen molar-refractivity contribution >= 4 is 5.69 Å². The molecule has 6 heteroatoms. The molecular formula is C16H14F2N4. The second kappa shape index (κ2) is 5.55. The molecule has 0 radical (unpaired) electrons. The number of aromatic nitrogens is 3. The number of anilines is 1. The molecule has 1 heterocycles. The first-order valence-electron chi connectivity index (χ1n) is 6.71. The van der Waals surface area contributed by atoms with Gasteiger partial charge < -0.3 is 5.73 Å². The summed E-state index contributed by atoms with van der Waals surface area (Å²) in [6.45, 7) is 1.92. The number of alkyl halides is 2. The van der Waals surface area contributed by atoms with Crippen LogP contribution < -0.4 is 5.73 Å². The lowest BCUT2D eigenvalue weighted by atomic mass is 10.1. The van der Waals surface area contributed by atoms with E-state index < -0.39 is 6.43 Å². The Balaban J connectivity index is 1.91. The average Bonchev–Trinajstić information content (AvgIpc) is 3.00. The maximum Gasteiger partial charge on any atom is 0.263 e. The fraction of sp³-hybridized carbons (Fsp3) is 0.125. The Bertz CT molecular complexity index is 794. The summed E-state index contributed by atoms with van der Waals surface area (Å²) in [6, 6.07) is 11.5. The minimum Gasteiger partial charge on any atom is -0.399 e. The van der Waals surface area contributed by atoms with Gasteiger partial charge in [0, 0.05) is 16.8 Å². The fourth-order valence-corrected chi connectivity index (χ4v) is 2.11. The first-order valence-corrected chi connectivity index (χ1v) is 6.71. The highest BCUT2D eigenvalue weighted by atomic mass is 19.3. The maximum absolute atomic E-state index is 12.6. The standard InChI is InChI=1S/C16H14F2N4/c1-10-8-12(4-7-14(10)19)16-20-9-22(21-16)13-5-2-11(3-6-13)15(17)18/h2-9,15H,19H2,1H3. The van der Waals surface area contributed by atoms with Gasteiger partial charge in [-0.1, -0.05) is 12.1 Å². The van der Waals surface area contributed by atoms with Gasteiger partial charge in [-0.15, -0.1) is 5.10 Å². The van der Waals surface area contributed by atoms with E-state index in [0.717, 1.165) is 11.1 Å². The van der Waals surface area contributed by atoms with Crippen molar-refractivity contribution in [1.82, 2.24) is 14.8 Å². The molecule has 4 nitrogen and oxygen atoms in total. The van der Waals surface area contributed by atoms with Crippen molar-refractivity contribution in [1.29, 1.82) is 0 Å². The van der Waals surface area contributed by atoms with Crippen LogP contribution in [0.5, 0.6) is 0 Å². The molecule has 0 atom stereocenters. The van der Waals surface area contributed by atoms with Crippen LogP contribution in [0.15, 0.2) is 48.8 Å². The Labute approximate surface area is 126 Å². The zero-order valence-corrected chi connectivity index (χ0v) is 11.9. The van der Waals surface area contributed by atoms with Crippen molar-refractivity contribution in [2.75, 3.05) is 5.73 Å². The maximum atomic E-state index is 12.6. The Kier molecular flexibility index (Phi) is 3.58. The zero-order chi connectivity index (χ0) is 15.7. The third kappa shape index (κ3) is 2.67. The number of aryl methyl sites for hydroxylation is 1. The molecule has 0 bridgehead atoms. The molecule has 0 saturated heterocycles. The largest absolute Gasteiger partial charge is 0.399 e. The smallest absolute Gasteiger partial charge is 0.263 e. The van der Waals surface area contributed by atoms with Gasteiger partial charge in [-0.05, 0) is 42.8 Å². The predicted octanol–water partition coefficient (Wildman–Crippen LogP) is 3.76. The molecular weight excluding hydrogens is 286 g/mol. The highest BCUT2D eigenvalue weighted by Crippen LogP contribution is 2.22. The lowest BCUT2D eigenvalue weighted by Gasteiger charge is -2.03. The lowest BCUT2D eigenvalue weighted by molar-refractivity contribution is 0.151. The van der Waals surface area contributed by atoms with Gasteiger partial charge >= 0.3 is 0 Å². The molecule has 3 rings (SSSR count).